The summed E-state index contributed by atoms with van der Waals surface area (Å²) in [5, 5.41) is 21.8. The number of aliphatic hydroxyl groups is 1. The van der Waals surface area contributed by atoms with Crippen molar-refractivity contribution in [3.63, 3.8) is 0 Å². The summed E-state index contributed by atoms with van der Waals surface area (Å²) in [6.45, 7) is 2.58. The second-order valence-electron chi connectivity index (χ2n) is 15.6. The first kappa shape index (κ1) is 55.0. The van der Waals surface area contributed by atoms with Gasteiger partial charge in [0.1, 0.15) is 12.7 Å². The third kappa shape index (κ3) is 40.5. The number of esters is 1. The third-order valence-electron chi connectivity index (χ3n) is 9.96. The Balaban J connectivity index is 3.86. The maximum Gasteiger partial charge on any atom is 0.472 e. The van der Waals surface area contributed by atoms with Crippen molar-refractivity contribution in [2.24, 2.45) is 0 Å². The zero-order chi connectivity index (χ0) is 42.1. The largest absolute Gasteiger partial charge is 0.480 e. The van der Waals surface area contributed by atoms with Crippen LogP contribution in [0.25, 0.3) is 0 Å². The molecule has 0 heterocycles. The molecule has 0 aromatic rings. The number of rotatable bonds is 43. The molecule has 3 atom stereocenters. The number of amides is 1. The Kier molecular flexibility index (Phi) is 39.3. The van der Waals surface area contributed by atoms with Crippen molar-refractivity contribution in [2.75, 3.05) is 19.8 Å². The number of phosphoric acid groups is 1. The number of carboxylic acid groups (broad SMARTS) is 1. The Morgan fingerprint density at radius 1 is 0.544 bits per heavy atom. The van der Waals surface area contributed by atoms with Gasteiger partial charge in [0.15, 0.2) is 6.04 Å². The summed E-state index contributed by atoms with van der Waals surface area (Å²) >= 11 is 0. The lowest BCUT2D eigenvalue weighted by Gasteiger charge is -2.18. The van der Waals surface area contributed by atoms with E-state index in [0.717, 1.165) is 57.8 Å². The van der Waals surface area contributed by atoms with Crippen LogP contribution in [0.4, 0.5) is 0 Å². The highest BCUT2D eigenvalue weighted by Gasteiger charge is 2.28. The number of phosphoric ester groups is 1. The van der Waals surface area contributed by atoms with Crippen LogP contribution in [0.5, 0.6) is 0 Å². The van der Waals surface area contributed by atoms with Crippen LogP contribution in [-0.4, -0.2) is 64.9 Å². The average molecular weight is 830 g/mol. The maximum atomic E-state index is 12.3. The van der Waals surface area contributed by atoms with Gasteiger partial charge in [-0.2, -0.15) is 0 Å². The first-order valence-corrected chi connectivity index (χ1v) is 24.4. The van der Waals surface area contributed by atoms with Gasteiger partial charge in [-0.25, -0.2) is 9.36 Å². The fourth-order valence-corrected chi connectivity index (χ4v) is 7.14. The molecule has 11 nitrogen and oxygen atoms in total. The van der Waals surface area contributed by atoms with Crippen LogP contribution in [0.3, 0.4) is 0 Å². The molecule has 3 unspecified atom stereocenters. The number of hydrogen-bond acceptors (Lipinski definition) is 8. The van der Waals surface area contributed by atoms with Crippen LogP contribution in [0, 0.1) is 0 Å². The number of allylic oxidation sites excluding steroid dienone is 4. The Labute approximate surface area is 347 Å². The molecular formula is C45H84NO10P. The van der Waals surface area contributed by atoms with E-state index in [4.69, 9.17) is 13.8 Å². The number of aliphatic hydroxyl groups excluding tert-OH is 1. The van der Waals surface area contributed by atoms with E-state index in [2.05, 4.69) is 43.5 Å². The minimum Gasteiger partial charge on any atom is -0.480 e. The van der Waals surface area contributed by atoms with E-state index < -0.39 is 57.6 Å². The standard InChI is InChI=1S/C45H84NO10P/c1-3-5-7-9-11-13-15-17-19-20-21-22-23-25-27-29-31-33-35-37-44(49)54-38-41(47)39-55-57(52,53)56-40-42(45(50)51)46-43(48)36-34-32-30-28-26-24-18-16-14-12-10-8-6-4-2/h16-19,41-42,47H,3-15,20-40H2,1-2H3,(H,46,48)(H,50,51)(H,52,53)/b18-16-,19-17+. The zero-order valence-electron chi connectivity index (χ0n) is 36.2. The van der Waals surface area contributed by atoms with Crippen LogP contribution < -0.4 is 5.32 Å². The molecule has 57 heavy (non-hydrogen) atoms. The van der Waals surface area contributed by atoms with Gasteiger partial charge in [0, 0.05) is 12.8 Å². The zero-order valence-corrected chi connectivity index (χ0v) is 37.0. The predicted molar refractivity (Wildman–Crippen MR) is 231 cm³/mol. The first-order valence-electron chi connectivity index (χ1n) is 22.9. The minimum absolute atomic E-state index is 0.137. The fraction of sp³-hybridized carbons (Fsp3) is 0.844. The van der Waals surface area contributed by atoms with Gasteiger partial charge in [-0.3, -0.25) is 18.6 Å². The monoisotopic (exact) mass is 830 g/mol. The number of carbonyl (C=O) groups excluding carboxylic acids is 2. The summed E-state index contributed by atoms with van der Waals surface area (Å²) in [7, 11) is -4.76. The minimum atomic E-state index is -4.76. The lowest BCUT2D eigenvalue weighted by atomic mass is 10.1. The Morgan fingerprint density at radius 3 is 1.33 bits per heavy atom. The molecule has 0 fully saturated rings. The summed E-state index contributed by atoms with van der Waals surface area (Å²) in [6.07, 6.45) is 42.0. The Hall–Kier alpha value is -2.04. The molecule has 0 rings (SSSR count). The lowest BCUT2D eigenvalue weighted by molar-refractivity contribution is -0.147. The number of unbranched alkanes of at least 4 members (excludes halogenated alkanes) is 25. The van der Waals surface area contributed by atoms with E-state index in [0.29, 0.717) is 12.8 Å². The molecule has 334 valence electrons. The molecule has 0 saturated carbocycles. The quantitative estimate of drug-likeness (QED) is 0.0201. The highest BCUT2D eigenvalue weighted by atomic mass is 31.2. The molecule has 0 aliphatic carbocycles. The summed E-state index contributed by atoms with van der Waals surface area (Å²) in [4.78, 5) is 45.9. The van der Waals surface area contributed by atoms with Gasteiger partial charge in [-0.15, -0.1) is 0 Å². The SMILES string of the molecule is CCCCCCC/C=C\CCCCCCCC(=O)NC(COP(=O)(O)OCC(O)COC(=O)CCCCCCCCCCC/C=C/CCCCCCCC)C(=O)O. The van der Waals surface area contributed by atoms with Crippen molar-refractivity contribution in [3.05, 3.63) is 24.3 Å². The first-order chi connectivity index (χ1) is 27.6. The molecule has 0 aromatic heterocycles. The fourth-order valence-electron chi connectivity index (χ4n) is 6.36. The molecule has 0 aromatic carbocycles. The van der Waals surface area contributed by atoms with Crippen molar-refractivity contribution in [3.8, 4) is 0 Å². The second kappa shape index (κ2) is 40.7. The highest BCUT2D eigenvalue weighted by molar-refractivity contribution is 7.47. The van der Waals surface area contributed by atoms with Crippen LogP contribution in [0.15, 0.2) is 24.3 Å². The van der Waals surface area contributed by atoms with E-state index in [9.17, 15) is 34.1 Å². The Bertz CT molecular complexity index is 1070. The number of ether oxygens (including phenoxy) is 1. The van der Waals surface area contributed by atoms with Crippen molar-refractivity contribution in [1.82, 2.24) is 5.32 Å². The smallest absolute Gasteiger partial charge is 0.472 e. The summed E-state index contributed by atoms with van der Waals surface area (Å²) in [5.41, 5.74) is 0. The second-order valence-corrected chi connectivity index (χ2v) is 17.0. The van der Waals surface area contributed by atoms with Gasteiger partial charge in [-0.05, 0) is 64.2 Å². The maximum absolute atomic E-state index is 12.3. The molecule has 0 aliphatic rings. The van der Waals surface area contributed by atoms with Crippen molar-refractivity contribution >= 4 is 25.7 Å². The van der Waals surface area contributed by atoms with E-state index in [1.165, 1.54) is 116 Å². The van der Waals surface area contributed by atoms with Crippen LogP contribution in [0.2, 0.25) is 0 Å². The number of nitrogens with one attached hydrogen (secondary N) is 1. The lowest BCUT2D eigenvalue weighted by Crippen LogP contribution is -2.43. The van der Waals surface area contributed by atoms with Gasteiger partial charge >= 0.3 is 19.8 Å². The summed E-state index contributed by atoms with van der Waals surface area (Å²) in [6, 6.07) is -1.55. The molecule has 0 spiro atoms. The third-order valence-corrected chi connectivity index (χ3v) is 10.9. The van der Waals surface area contributed by atoms with E-state index in [1.807, 2.05) is 0 Å². The molecule has 0 bridgehead atoms. The van der Waals surface area contributed by atoms with Gasteiger partial charge in [0.25, 0.3) is 0 Å². The van der Waals surface area contributed by atoms with Crippen LogP contribution >= 0.6 is 7.82 Å². The Morgan fingerprint density at radius 2 is 0.912 bits per heavy atom. The van der Waals surface area contributed by atoms with E-state index >= 15 is 0 Å². The molecule has 12 heteroatoms. The number of carboxylic acids is 1. The topological polar surface area (TPSA) is 169 Å². The number of hydrogen-bond donors (Lipinski definition) is 4. The average Bonchev–Trinajstić information content (AvgIpc) is 3.18. The van der Waals surface area contributed by atoms with Crippen molar-refractivity contribution < 1.29 is 47.8 Å². The molecule has 4 N–H and O–H groups in total. The van der Waals surface area contributed by atoms with Crippen LogP contribution in [0.1, 0.15) is 213 Å². The molecule has 0 radical (unpaired) electrons. The number of aliphatic carboxylic acids is 1. The van der Waals surface area contributed by atoms with Gasteiger partial charge in [-0.1, -0.05) is 160 Å². The van der Waals surface area contributed by atoms with Crippen molar-refractivity contribution in [1.29, 1.82) is 0 Å². The van der Waals surface area contributed by atoms with Crippen molar-refractivity contribution in [2.45, 2.75) is 225 Å². The molecule has 1 amide bonds. The molecular weight excluding hydrogens is 745 g/mol. The normalized spacial score (nSPS) is 13.9. The molecule has 0 saturated heterocycles. The van der Waals surface area contributed by atoms with E-state index in [-0.39, 0.29) is 12.8 Å². The van der Waals surface area contributed by atoms with Gasteiger partial charge in [0.2, 0.25) is 5.91 Å². The highest BCUT2D eigenvalue weighted by Crippen LogP contribution is 2.43. The molecule has 0 aliphatic heterocycles. The van der Waals surface area contributed by atoms with Crippen LogP contribution in [-0.2, 0) is 32.7 Å². The van der Waals surface area contributed by atoms with Gasteiger partial charge < -0.3 is 25.2 Å². The van der Waals surface area contributed by atoms with E-state index in [1.54, 1.807) is 0 Å². The summed E-state index contributed by atoms with van der Waals surface area (Å²) < 4.78 is 26.8. The van der Waals surface area contributed by atoms with Gasteiger partial charge in [0.05, 0.1) is 13.2 Å². The number of carbonyl (C=O) groups is 3. The predicted octanol–water partition coefficient (Wildman–Crippen LogP) is 11.8. The summed E-state index contributed by atoms with van der Waals surface area (Å²) in [5.74, 6) is -2.38.